The van der Waals surface area contributed by atoms with Crippen molar-refractivity contribution in [1.82, 2.24) is 30.0 Å². The Labute approximate surface area is 166 Å². The van der Waals surface area contributed by atoms with Crippen LogP contribution >= 0.6 is 0 Å². The van der Waals surface area contributed by atoms with Crippen LogP contribution in [0.15, 0.2) is 30.6 Å². The summed E-state index contributed by atoms with van der Waals surface area (Å²) < 4.78 is 20.0. The molecule has 0 radical (unpaired) electrons. The number of rotatable bonds is 6. The number of piperidine rings is 1. The third kappa shape index (κ3) is 4.19. The Bertz CT molecular complexity index is 970. The van der Waals surface area contributed by atoms with Gasteiger partial charge in [0.1, 0.15) is 12.1 Å². The third-order valence-corrected chi connectivity index (χ3v) is 4.56. The maximum Gasteiger partial charge on any atom is 0.248 e. The summed E-state index contributed by atoms with van der Waals surface area (Å²) in [5.74, 6) is 1.40. The highest BCUT2D eigenvalue weighted by Gasteiger charge is 2.21. The standard InChI is InChI=1S/C18H22FN9O/c1-29-14-15(24-13-3-2-8-21-9-13)22-10-23-16(14)28-17(20)26-18(27-28)25-12-6-4-11(19)5-7-12/h4-7,10,13,21H,2-3,8-9H2,1H3,(H,22,23,24)(H3,20,25,26,27)/t13-/m0/s1. The van der Waals surface area contributed by atoms with Gasteiger partial charge in [0.2, 0.25) is 23.5 Å². The van der Waals surface area contributed by atoms with Gasteiger partial charge in [0.15, 0.2) is 5.82 Å². The zero-order chi connectivity index (χ0) is 20.2. The number of ether oxygens (including phenoxy) is 1. The van der Waals surface area contributed by atoms with Gasteiger partial charge in [-0.25, -0.2) is 14.4 Å². The number of halogens is 1. The Morgan fingerprint density at radius 3 is 2.83 bits per heavy atom. The van der Waals surface area contributed by atoms with E-state index in [4.69, 9.17) is 10.5 Å². The Morgan fingerprint density at radius 2 is 2.10 bits per heavy atom. The number of methoxy groups -OCH3 is 1. The molecule has 5 N–H and O–H groups in total. The second-order valence-corrected chi connectivity index (χ2v) is 6.60. The van der Waals surface area contributed by atoms with Gasteiger partial charge in [-0.2, -0.15) is 9.67 Å². The Hall–Kier alpha value is -3.47. The molecule has 1 aliphatic heterocycles. The normalized spacial score (nSPS) is 16.4. The lowest BCUT2D eigenvalue weighted by molar-refractivity contribution is 0.406. The molecule has 3 aromatic rings. The molecule has 0 aliphatic carbocycles. The summed E-state index contributed by atoms with van der Waals surface area (Å²) in [6.45, 7) is 1.86. The van der Waals surface area contributed by atoms with Crippen LogP contribution in [0.5, 0.6) is 5.75 Å². The van der Waals surface area contributed by atoms with Gasteiger partial charge in [0.05, 0.1) is 7.11 Å². The second kappa shape index (κ2) is 8.27. The summed E-state index contributed by atoms with van der Waals surface area (Å²) in [4.78, 5) is 12.8. The minimum atomic E-state index is -0.326. The van der Waals surface area contributed by atoms with Crippen LogP contribution in [-0.2, 0) is 0 Å². The molecule has 11 heteroatoms. The number of benzene rings is 1. The number of nitrogens with two attached hydrogens (primary N) is 1. The van der Waals surface area contributed by atoms with Crippen molar-refractivity contribution in [2.75, 3.05) is 36.6 Å². The highest BCUT2D eigenvalue weighted by atomic mass is 19.1. The number of aromatic nitrogens is 5. The molecule has 152 valence electrons. The third-order valence-electron chi connectivity index (χ3n) is 4.56. The first-order chi connectivity index (χ1) is 14.1. The van der Waals surface area contributed by atoms with E-state index in [2.05, 4.69) is 36.0 Å². The molecule has 0 amide bonds. The summed E-state index contributed by atoms with van der Waals surface area (Å²) in [6.07, 6.45) is 3.55. The molecule has 1 fully saturated rings. The molecule has 0 bridgehead atoms. The van der Waals surface area contributed by atoms with Crippen molar-refractivity contribution >= 4 is 23.4 Å². The molecular formula is C18H22FN9O. The molecule has 1 atom stereocenters. The number of nitrogens with zero attached hydrogens (tertiary/aromatic N) is 5. The van der Waals surface area contributed by atoms with E-state index in [9.17, 15) is 4.39 Å². The largest absolute Gasteiger partial charge is 0.490 e. The first kappa shape index (κ1) is 18.9. The highest BCUT2D eigenvalue weighted by Crippen LogP contribution is 2.30. The fourth-order valence-corrected chi connectivity index (χ4v) is 3.17. The van der Waals surface area contributed by atoms with Crippen molar-refractivity contribution < 1.29 is 9.13 Å². The fourth-order valence-electron chi connectivity index (χ4n) is 3.17. The summed E-state index contributed by atoms with van der Waals surface area (Å²) in [5.41, 5.74) is 6.68. The Morgan fingerprint density at radius 1 is 1.28 bits per heavy atom. The number of hydrogen-bond acceptors (Lipinski definition) is 9. The number of anilines is 4. The van der Waals surface area contributed by atoms with Gasteiger partial charge in [-0.05, 0) is 43.7 Å². The van der Waals surface area contributed by atoms with Crippen molar-refractivity contribution in [3.63, 3.8) is 0 Å². The maximum atomic E-state index is 13.1. The smallest absolute Gasteiger partial charge is 0.248 e. The van der Waals surface area contributed by atoms with Crippen molar-refractivity contribution in [2.45, 2.75) is 18.9 Å². The van der Waals surface area contributed by atoms with Crippen LogP contribution in [0.3, 0.4) is 0 Å². The highest BCUT2D eigenvalue weighted by molar-refractivity contribution is 5.61. The molecule has 10 nitrogen and oxygen atoms in total. The molecular weight excluding hydrogens is 377 g/mol. The van der Waals surface area contributed by atoms with E-state index in [-0.39, 0.29) is 23.8 Å². The quantitative estimate of drug-likeness (QED) is 0.489. The lowest BCUT2D eigenvalue weighted by atomic mass is 10.1. The predicted molar refractivity (Wildman–Crippen MR) is 107 cm³/mol. The summed E-state index contributed by atoms with van der Waals surface area (Å²) >= 11 is 0. The van der Waals surface area contributed by atoms with Crippen molar-refractivity contribution in [1.29, 1.82) is 0 Å². The molecule has 0 spiro atoms. The average molecular weight is 399 g/mol. The summed E-state index contributed by atoms with van der Waals surface area (Å²) in [6, 6.07) is 6.09. The fraction of sp³-hybridized carbons (Fsp3) is 0.333. The van der Waals surface area contributed by atoms with Crippen LogP contribution in [0.25, 0.3) is 5.82 Å². The van der Waals surface area contributed by atoms with Gasteiger partial charge in [-0.1, -0.05) is 0 Å². The van der Waals surface area contributed by atoms with E-state index in [1.807, 2.05) is 0 Å². The molecule has 29 heavy (non-hydrogen) atoms. The molecule has 1 aliphatic rings. The van der Waals surface area contributed by atoms with Crippen LogP contribution in [0, 0.1) is 5.82 Å². The SMILES string of the molecule is COc1c(N[C@H]2CCCNC2)ncnc1-n1nc(Nc2ccc(F)cc2)nc1N. The van der Waals surface area contributed by atoms with Crippen LogP contribution in [0.1, 0.15) is 12.8 Å². The van der Waals surface area contributed by atoms with Crippen molar-refractivity contribution in [3.05, 3.63) is 36.4 Å². The van der Waals surface area contributed by atoms with E-state index < -0.39 is 0 Å². The van der Waals surface area contributed by atoms with Gasteiger partial charge >= 0.3 is 0 Å². The molecule has 4 rings (SSSR count). The lowest BCUT2D eigenvalue weighted by Gasteiger charge is -2.25. The second-order valence-electron chi connectivity index (χ2n) is 6.60. The number of hydrogen-bond donors (Lipinski definition) is 4. The average Bonchev–Trinajstić information content (AvgIpc) is 3.10. The van der Waals surface area contributed by atoms with Gasteiger partial charge in [0, 0.05) is 18.3 Å². The minimum Gasteiger partial charge on any atom is -0.490 e. The number of nitrogen functional groups attached to an aromatic ring is 1. The minimum absolute atomic E-state index is 0.122. The van der Waals surface area contributed by atoms with E-state index in [1.54, 1.807) is 12.1 Å². The van der Waals surface area contributed by atoms with E-state index in [0.717, 1.165) is 25.9 Å². The summed E-state index contributed by atoms with van der Waals surface area (Å²) in [7, 11) is 1.54. The van der Waals surface area contributed by atoms with E-state index >= 15 is 0 Å². The zero-order valence-electron chi connectivity index (χ0n) is 15.9. The van der Waals surface area contributed by atoms with Crippen LogP contribution in [0.4, 0.5) is 27.8 Å². The van der Waals surface area contributed by atoms with Gasteiger partial charge in [-0.15, -0.1) is 5.10 Å². The van der Waals surface area contributed by atoms with Gasteiger partial charge in [0.25, 0.3) is 0 Å². The van der Waals surface area contributed by atoms with Crippen LogP contribution in [0.2, 0.25) is 0 Å². The topological polar surface area (TPSA) is 128 Å². The Kier molecular flexibility index (Phi) is 5.38. The first-order valence-corrected chi connectivity index (χ1v) is 9.26. The van der Waals surface area contributed by atoms with E-state index in [0.29, 0.717) is 23.1 Å². The molecule has 0 saturated carbocycles. The van der Waals surface area contributed by atoms with Gasteiger partial charge in [-0.3, -0.25) is 0 Å². The molecule has 1 aromatic carbocycles. The summed E-state index contributed by atoms with van der Waals surface area (Å²) in [5, 5.41) is 14.1. The Balaban J connectivity index is 1.61. The van der Waals surface area contributed by atoms with Crippen molar-refractivity contribution in [3.8, 4) is 11.6 Å². The zero-order valence-corrected chi connectivity index (χ0v) is 15.9. The van der Waals surface area contributed by atoms with Crippen molar-refractivity contribution in [2.24, 2.45) is 0 Å². The first-order valence-electron chi connectivity index (χ1n) is 9.26. The molecule has 1 saturated heterocycles. The van der Waals surface area contributed by atoms with Crippen LogP contribution < -0.4 is 26.4 Å². The predicted octanol–water partition coefficient (Wildman–Crippen LogP) is 1.69. The van der Waals surface area contributed by atoms with Crippen LogP contribution in [-0.4, -0.2) is 51.0 Å². The number of nitrogens with one attached hydrogen (secondary N) is 3. The monoisotopic (exact) mass is 399 g/mol. The maximum absolute atomic E-state index is 13.1. The van der Waals surface area contributed by atoms with Gasteiger partial charge < -0.3 is 26.4 Å². The van der Waals surface area contributed by atoms with E-state index in [1.165, 1.54) is 30.3 Å². The lowest BCUT2D eigenvalue weighted by Crippen LogP contribution is -2.38. The molecule has 0 unspecified atom stereocenters. The molecule has 3 heterocycles. The molecule has 2 aromatic heterocycles.